The van der Waals surface area contributed by atoms with Crippen LogP contribution in [-0.2, 0) is 12.8 Å². The molecule has 3 aromatic rings. The summed E-state index contributed by atoms with van der Waals surface area (Å²) in [5.41, 5.74) is 2.05. The van der Waals surface area contributed by atoms with Gasteiger partial charge in [0, 0.05) is 17.0 Å². The van der Waals surface area contributed by atoms with E-state index in [1.165, 1.54) is 28.0 Å². The molecular weight excluding hydrogens is 372 g/mol. The molecule has 2 N–H and O–H groups in total. The molecule has 2 heterocycles. The second-order valence-corrected chi connectivity index (χ2v) is 8.56. The van der Waals surface area contributed by atoms with Crippen molar-refractivity contribution in [2.75, 3.05) is 5.32 Å². The molecule has 2 aliphatic rings. The zero-order valence-electron chi connectivity index (χ0n) is 15.3. The van der Waals surface area contributed by atoms with Gasteiger partial charge in [0.2, 0.25) is 0 Å². The smallest absolute Gasteiger partial charge is 0.264 e. The van der Waals surface area contributed by atoms with E-state index in [2.05, 4.69) is 44.5 Å². The van der Waals surface area contributed by atoms with Crippen molar-refractivity contribution in [3.05, 3.63) is 74.4 Å². The van der Waals surface area contributed by atoms with E-state index in [-0.39, 0.29) is 11.1 Å². The lowest BCUT2D eigenvalue weighted by atomic mass is 9.85. The number of H-pyrrole nitrogens is 1. The van der Waals surface area contributed by atoms with Gasteiger partial charge in [0.15, 0.2) is 5.13 Å². The van der Waals surface area contributed by atoms with Crippen molar-refractivity contribution in [2.45, 2.75) is 43.9 Å². The van der Waals surface area contributed by atoms with Gasteiger partial charge in [0.1, 0.15) is 11.4 Å². The Morgan fingerprint density at radius 3 is 2.71 bits per heavy atom. The molecule has 0 aliphatic heterocycles. The molecule has 142 valence electrons. The van der Waals surface area contributed by atoms with Crippen LogP contribution >= 0.6 is 11.3 Å². The largest absolute Gasteiger partial charge is 0.310 e. The third kappa shape index (κ3) is 3.38. The molecule has 1 saturated carbocycles. The number of amides is 1. The minimum Gasteiger partial charge on any atom is -0.310 e. The number of anilines is 1. The van der Waals surface area contributed by atoms with Crippen LogP contribution in [-0.4, -0.2) is 20.9 Å². The molecule has 1 fully saturated rings. The maximum Gasteiger partial charge on any atom is 0.264 e. The molecule has 1 aromatic carbocycles. The maximum absolute atomic E-state index is 12.5. The summed E-state index contributed by atoms with van der Waals surface area (Å²) in [4.78, 5) is 37.5. The summed E-state index contributed by atoms with van der Waals surface area (Å²) >= 11 is 1.50. The number of carbonyl (C=O) groups excluding carboxylic acids is 1. The van der Waals surface area contributed by atoms with Crippen LogP contribution in [0.3, 0.4) is 0 Å². The monoisotopic (exact) mass is 392 g/mol. The quantitative estimate of drug-likeness (QED) is 0.710. The van der Waals surface area contributed by atoms with E-state index in [0.29, 0.717) is 22.8 Å². The third-order valence-electron chi connectivity index (χ3n) is 5.46. The first kappa shape index (κ1) is 17.3. The minimum absolute atomic E-state index is 0.0275. The van der Waals surface area contributed by atoms with Gasteiger partial charge >= 0.3 is 0 Å². The standard InChI is InChI=1S/C21H20N4O2S/c26-19-15(11-22-18(24-19)13-6-7-13)20(27)25-21-23-16-9-8-14(10-17(16)28-21)12-4-2-1-3-5-12/h1-5,11,13-14H,6-10H2,(H,22,24,26)(H,23,25,27). The summed E-state index contributed by atoms with van der Waals surface area (Å²) < 4.78 is 0. The SMILES string of the molecule is O=C(Nc1nc2c(s1)CC(c1ccccc1)CC2)c1cnc(C2CC2)[nH]c1=O. The molecule has 7 heteroatoms. The summed E-state index contributed by atoms with van der Waals surface area (Å²) in [7, 11) is 0. The van der Waals surface area contributed by atoms with Gasteiger partial charge in [-0.05, 0) is 43.6 Å². The number of aromatic amines is 1. The Labute approximate surface area is 166 Å². The number of nitrogens with zero attached hydrogens (tertiary/aromatic N) is 2. The second kappa shape index (κ2) is 6.98. The topological polar surface area (TPSA) is 87.7 Å². The number of benzene rings is 1. The molecule has 1 amide bonds. The summed E-state index contributed by atoms with van der Waals surface area (Å²) in [6, 6.07) is 10.5. The van der Waals surface area contributed by atoms with Crippen LogP contribution < -0.4 is 10.9 Å². The highest BCUT2D eigenvalue weighted by Gasteiger charge is 2.27. The molecule has 5 rings (SSSR count). The first-order chi connectivity index (χ1) is 13.7. The van der Waals surface area contributed by atoms with Crippen LogP contribution in [0, 0.1) is 0 Å². The zero-order chi connectivity index (χ0) is 19.1. The summed E-state index contributed by atoms with van der Waals surface area (Å²) in [5, 5.41) is 3.33. The van der Waals surface area contributed by atoms with Crippen molar-refractivity contribution in [3.63, 3.8) is 0 Å². The number of nitrogens with one attached hydrogen (secondary N) is 2. The summed E-state index contributed by atoms with van der Waals surface area (Å²) in [6.45, 7) is 0. The summed E-state index contributed by atoms with van der Waals surface area (Å²) in [5.74, 6) is 1.05. The lowest BCUT2D eigenvalue weighted by Gasteiger charge is -2.21. The third-order valence-corrected chi connectivity index (χ3v) is 6.49. The molecule has 6 nitrogen and oxygen atoms in total. The van der Waals surface area contributed by atoms with Gasteiger partial charge < -0.3 is 4.98 Å². The van der Waals surface area contributed by atoms with E-state index in [9.17, 15) is 9.59 Å². The Kier molecular flexibility index (Phi) is 4.31. The number of aryl methyl sites for hydroxylation is 1. The van der Waals surface area contributed by atoms with Crippen molar-refractivity contribution in [3.8, 4) is 0 Å². The first-order valence-corrected chi connectivity index (χ1v) is 10.4. The normalized spacial score (nSPS) is 18.5. The van der Waals surface area contributed by atoms with Crippen LogP contribution in [0.5, 0.6) is 0 Å². The van der Waals surface area contributed by atoms with Gasteiger partial charge in [-0.3, -0.25) is 14.9 Å². The number of hydrogen-bond acceptors (Lipinski definition) is 5. The van der Waals surface area contributed by atoms with E-state index >= 15 is 0 Å². The van der Waals surface area contributed by atoms with Crippen LogP contribution in [0.1, 0.15) is 63.4 Å². The fourth-order valence-corrected chi connectivity index (χ4v) is 4.82. The predicted molar refractivity (Wildman–Crippen MR) is 108 cm³/mol. The number of thiazole rings is 1. The molecular formula is C21H20N4O2S. The molecule has 0 saturated heterocycles. The molecule has 1 atom stereocenters. The van der Waals surface area contributed by atoms with Gasteiger partial charge in [-0.15, -0.1) is 11.3 Å². The van der Waals surface area contributed by atoms with Gasteiger partial charge in [-0.2, -0.15) is 0 Å². The number of hydrogen-bond donors (Lipinski definition) is 2. The Hall–Kier alpha value is -2.80. The lowest BCUT2D eigenvalue weighted by molar-refractivity contribution is 0.102. The number of rotatable bonds is 4. The zero-order valence-corrected chi connectivity index (χ0v) is 16.1. The Morgan fingerprint density at radius 1 is 1.14 bits per heavy atom. The number of aromatic nitrogens is 3. The number of fused-ring (bicyclic) bond motifs is 1. The van der Waals surface area contributed by atoms with Crippen molar-refractivity contribution >= 4 is 22.4 Å². The Bertz CT molecular complexity index is 1090. The summed E-state index contributed by atoms with van der Waals surface area (Å²) in [6.07, 6.45) is 6.36. The Balaban J connectivity index is 1.31. The molecule has 1 unspecified atom stereocenters. The molecule has 0 bridgehead atoms. The van der Waals surface area contributed by atoms with Gasteiger partial charge in [0.25, 0.3) is 11.5 Å². The molecule has 0 spiro atoms. The van der Waals surface area contributed by atoms with E-state index in [0.717, 1.165) is 37.8 Å². The van der Waals surface area contributed by atoms with Crippen LogP contribution in [0.4, 0.5) is 5.13 Å². The average Bonchev–Trinajstić information content (AvgIpc) is 3.48. The van der Waals surface area contributed by atoms with E-state index in [1.54, 1.807) is 0 Å². The molecule has 2 aromatic heterocycles. The fraction of sp³-hybridized carbons (Fsp3) is 0.333. The van der Waals surface area contributed by atoms with Gasteiger partial charge in [0.05, 0.1) is 5.69 Å². The van der Waals surface area contributed by atoms with Crippen molar-refractivity contribution in [2.24, 2.45) is 0 Å². The van der Waals surface area contributed by atoms with Gasteiger partial charge in [-0.1, -0.05) is 30.3 Å². The molecule has 0 radical (unpaired) electrons. The lowest BCUT2D eigenvalue weighted by Crippen LogP contribution is -2.24. The van der Waals surface area contributed by atoms with E-state index in [1.807, 2.05) is 6.07 Å². The number of carbonyl (C=O) groups is 1. The van der Waals surface area contributed by atoms with E-state index in [4.69, 9.17) is 0 Å². The van der Waals surface area contributed by atoms with Crippen LogP contribution in [0.15, 0.2) is 41.3 Å². The predicted octanol–water partition coefficient (Wildman–Crippen LogP) is 3.63. The van der Waals surface area contributed by atoms with Crippen molar-refractivity contribution in [1.29, 1.82) is 0 Å². The van der Waals surface area contributed by atoms with Crippen molar-refractivity contribution in [1.82, 2.24) is 15.0 Å². The highest BCUT2D eigenvalue weighted by molar-refractivity contribution is 7.15. The maximum atomic E-state index is 12.5. The molecule has 28 heavy (non-hydrogen) atoms. The van der Waals surface area contributed by atoms with E-state index < -0.39 is 5.91 Å². The van der Waals surface area contributed by atoms with Crippen LogP contribution in [0.25, 0.3) is 0 Å². The average molecular weight is 392 g/mol. The minimum atomic E-state index is -0.457. The second-order valence-electron chi connectivity index (χ2n) is 7.48. The first-order valence-electron chi connectivity index (χ1n) is 9.61. The highest BCUT2D eigenvalue weighted by Crippen LogP contribution is 2.38. The van der Waals surface area contributed by atoms with Gasteiger partial charge in [-0.25, -0.2) is 9.97 Å². The fourth-order valence-electron chi connectivity index (χ4n) is 3.74. The van der Waals surface area contributed by atoms with Crippen molar-refractivity contribution < 1.29 is 4.79 Å². The highest BCUT2D eigenvalue weighted by atomic mass is 32.1. The Morgan fingerprint density at radius 2 is 1.96 bits per heavy atom. The molecule has 2 aliphatic carbocycles. The van der Waals surface area contributed by atoms with Crippen LogP contribution in [0.2, 0.25) is 0 Å².